The van der Waals surface area contributed by atoms with E-state index in [-0.39, 0.29) is 30.0 Å². The molecule has 2 N–H and O–H groups in total. The zero-order chi connectivity index (χ0) is 16.7. The van der Waals surface area contributed by atoms with Gasteiger partial charge in [0.2, 0.25) is 5.91 Å². The minimum atomic E-state index is -0.381. The quantitative estimate of drug-likeness (QED) is 0.832. The lowest BCUT2D eigenvalue weighted by molar-refractivity contribution is -0.132. The van der Waals surface area contributed by atoms with Gasteiger partial charge in [0.25, 0.3) is 0 Å². The fourth-order valence-electron chi connectivity index (χ4n) is 2.59. The predicted molar refractivity (Wildman–Crippen MR) is 97.8 cm³/mol. The third-order valence-electron chi connectivity index (χ3n) is 3.94. The van der Waals surface area contributed by atoms with Crippen molar-refractivity contribution < 1.29 is 9.18 Å². The maximum Gasteiger partial charge on any atom is 0.229 e. The first-order chi connectivity index (χ1) is 11.1. The second-order valence-corrected chi connectivity index (χ2v) is 5.63. The third kappa shape index (κ3) is 5.62. The molecule has 2 aromatic rings. The number of carbonyl (C=O) groups excluding carboxylic acids is 1. The van der Waals surface area contributed by atoms with Gasteiger partial charge in [-0.2, -0.15) is 0 Å². The largest absolute Gasteiger partial charge is 0.341 e. The Hall–Kier alpha value is -1.91. The number of amides is 1. The zero-order valence-electron chi connectivity index (χ0n) is 13.8. The van der Waals surface area contributed by atoms with E-state index in [9.17, 15) is 9.18 Å². The fraction of sp³-hybridized carbons (Fsp3) is 0.316. The van der Waals surface area contributed by atoms with Gasteiger partial charge in [-0.1, -0.05) is 42.5 Å². The molecule has 0 radical (unpaired) electrons. The zero-order valence-corrected chi connectivity index (χ0v) is 14.6. The minimum absolute atomic E-state index is 0. The van der Waals surface area contributed by atoms with Crippen LogP contribution in [0.15, 0.2) is 54.6 Å². The Kier molecular flexibility index (Phi) is 8.44. The number of rotatable bonds is 7. The van der Waals surface area contributed by atoms with Crippen molar-refractivity contribution in [1.29, 1.82) is 0 Å². The van der Waals surface area contributed by atoms with Gasteiger partial charge >= 0.3 is 0 Å². The molecule has 130 valence electrons. The lowest BCUT2D eigenvalue weighted by Crippen LogP contribution is -2.39. The third-order valence-corrected chi connectivity index (χ3v) is 3.94. The summed E-state index contributed by atoms with van der Waals surface area (Å²) in [6.45, 7) is 3.34. The average molecular weight is 351 g/mol. The average Bonchev–Trinajstić information content (AvgIpc) is 2.58. The lowest BCUT2D eigenvalue weighted by atomic mass is 9.99. The van der Waals surface area contributed by atoms with Gasteiger partial charge in [-0.15, -0.1) is 12.4 Å². The van der Waals surface area contributed by atoms with Crippen LogP contribution < -0.4 is 5.73 Å². The number of hydrogen-bond acceptors (Lipinski definition) is 2. The van der Waals surface area contributed by atoms with Gasteiger partial charge in [-0.25, -0.2) is 4.39 Å². The summed E-state index contributed by atoms with van der Waals surface area (Å²) in [5, 5.41) is 0. The first-order valence-electron chi connectivity index (χ1n) is 7.90. The predicted octanol–water partition coefficient (Wildman–Crippen LogP) is 3.38. The van der Waals surface area contributed by atoms with Crippen LogP contribution in [0.4, 0.5) is 4.39 Å². The molecular formula is C19H24ClFN2O. The van der Waals surface area contributed by atoms with Crippen molar-refractivity contribution in [2.45, 2.75) is 19.3 Å². The van der Waals surface area contributed by atoms with Crippen LogP contribution in [-0.2, 0) is 11.2 Å². The van der Waals surface area contributed by atoms with Gasteiger partial charge < -0.3 is 10.6 Å². The Balaban J connectivity index is 0.00000288. The summed E-state index contributed by atoms with van der Waals surface area (Å²) in [4.78, 5) is 14.5. The van der Waals surface area contributed by atoms with Crippen LogP contribution >= 0.6 is 12.4 Å². The van der Waals surface area contributed by atoms with Crippen LogP contribution in [0.25, 0.3) is 0 Å². The van der Waals surface area contributed by atoms with Crippen molar-refractivity contribution in [2.75, 3.05) is 19.6 Å². The van der Waals surface area contributed by atoms with Crippen molar-refractivity contribution >= 4 is 18.3 Å². The van der Waals surface area contributed by atoms with E-state index in [0.717, 1.165) is 6.42 Å². The monoisotopic (exact) mass is 350 g/mol. The summed E-state index contributed by atoms with van der Waals surface area (Å²) in [6, 6.07) is 16.2. The number of carbonyl (C=O) groups is 1. The van der Waals surface area contributed by atoms with Crippen LogP contribution in [0.5, 0.6) is 0 Å². The molecule has 1 atom stereocenters. The van der Waals surface area contributed by atoms with Gasteiger partial charge in [0.05, 0.1) is 5.92 Å². The summed E-state index contributed by atoms with van der Waals surface area (Å²) >= 11 is 0. The molecule has 5 heteroatoms. The van der Waals surface area contributed by atoms with Crippen LogP contribution in [0, 0.1) is 5.82 Å². The van der Waals surface area contributed by atoms with Gasteiger partial charge in [0.15, 0.2) is 0 Å². The molecule has 0 aliphatic carbocycles. The van der Waals surface area contributed by atoms with E-state index in [1.165, 1.54) is 17.7 Å². The van der Waals surface area contributed by atoms with Crippen LogP contribution in [0.2, 0.25) is 0 Å². The number of hydrogen-bond donors (Lipinski definition) is 1. The Bertz CT molecular complexity index is 636. The molecule has 0 aliphatic rings. The van der Waals surface area contributed by atoms with Crippen molar-refractivity contribution in [1.82, 2.24) is 4.90 Å². The molecule has 0 aliphatic heterocycles. The highest BCUT2D eigenvalue weighted by Crippen LogP contribution is 2.19. The highest BCUT2D eigenvalue weighted by atomic mass is 35.5. The summed E-state index contributed by atoms with van der Waals surface area (Å²) < 4.78 is 13.4. The van der Waals surface area contributed by atoms with E-state index in [1.807, 2.05) is 37.3 Å². The normalized spacial score (nSPS) is 11.5. The molecule has 24 heavy (non-hydrogen) atoms. The van der Waals surface area contributed by atoms with Gasteiger partial charge in [0.1, 0.15) is 5.82 Å². The number of benzene rings is 2. The molecule has 2 rings (SSSR count). The van der Waals surface area contributed by atoms with E-state index in [1.54, 1.807) is 17.0 Å². The maximum absolute atomic E-state index is 13.4. The Morgan fingerprint density at radius 1 is 1.12 bits per heavy atom. The molecule has 2 aromatic carbocycles. The summed E-state index contributed by atoms with van der Waals surface area (Å²) in [5.41, 5.74) is 7.52. The number of nitrogens with zero attached hydrogens (tertiary/aromatic N) is 1. The van der Waals surface area contributed by atoms with E-state index in [0.29, 0.717) is 25.2 Å². The summed E-state index contributed by atoms with van der Waals surface area (Å²) in [7, 11) is 0. The molecule has 0 heterocycles. The van der Waals surface area contributed by atoms with E-state index in [2.05, 4.69) is 0 Å². The standard InChI is InChI=1S/C19H23FN2O.ClH/c1-15(17-8-5-9-18(20)14-17)19(23)22(13-11-21)12-10-16-6-3-2-4-7-16;/h2-9,14-15H,10-13,21H2,1H3;1H. The van der Waals surface area contributed by atoms with Crippen molar-refractivity contribution in [3.63, 3.8) is 0 Å². The summed E-state index contributed by atoms with van der Waals surface area (Å²) in [5.74, 6) is -0.721. The van der Waals surface area contributed by atoms with Crippen LogP contribution in [0.1, 0.15) is 24.0 Å². The van der Waals surface area contributed by atoms with Gasteiger partial charge in [0, 0.05) is 19.6 Å². The van der Waals surface area contributed by atoms with Crippen LogP contribution in [-0.4, -0.2) is 30.4 Å². The van der Waals surface area contributed by atoms with E-state index >= 15 is 0 Å². The molecule has 3 nitrogen and oxygen atoms in total. The van der Waals surface area contributed by atoms with Crippen molar-refractivity contribution in [3.05, 3.63) is 71.5 Å². The smallest absolute Gasteiger partial charge is 0.229 e. The highest BCUT2D eigenvalue weighted by molar-refractivity contribution is 5.85. The highest BCUT2D eigenvalue weighted by Gasteiger charge is 2.21. The Labute approximate surface area is 149 Å². The van der Waals surface area contributed by atoms with Crippen molar-refractivity contribution in [3.8, 4) is 0 Å². The molecule has 1 unspecified atom stereocenters. The molecule has 0 fully saturated rings. The maximum atomic E-state index is 13.4. The number of halogens is 2. The first-order valence-corrected chi connectivity index (χ1v) is 7.90. The van der Waals surface area contributed by atoms with E-state index in [4.69, 9.17) is 5.73 Å². The van der Waals surface area contributed by atoms with Crippen molar-refractivity contribution in [2.24, 2.45) is 5.73 Å². The second kappa shape index (κ2) is 10.1. The number of nitrogens with two attached hydrogens (primary N) is 1. The Morgan fingerprint density at radius 2 is 1.83 bits per heavy atom. The molecule has 0 aromatic heterocycles. The lowest BCUT2D eigenvalue weighted by Gasteiger charge is -2.25. The summed E-state index contributed by atoms with van der Waals surface area (Å²) in [6.07, 6.45) is 0.780. The van der Waals surface area contributed by atoms with Gasteiger partial charge in [-0.3, -0.25) is 4.79 Å². The van der Waals surface area contributed by atoms with Crippen LogP contribution in [0.3, 0.4) is 0 Å². The molecule has 0 saturated carbocycles. The SMILES string of the molecule is CC(C(=O)N(CCN)CCc1ccccc1)c1cccc(F)c1.Cl. The second-order valence-electron chi connectivity index (χ2n) is 5.63. The van der Waals surface area contributed by atoms with Gasteiger partial charge in [-0.05, 0) is 36.6 Å². The minimum Gasteiger partial charge on any atom is -0.341 e. The molecule has 0 bridgehead atoms. The first kappa shape index (κ1) is 20.1. The molecular weight excluding hydrogens is 327 g/mol. The molecule has 0 saturated heterocycles. The molecule has 0 spiro atoms. The fourth-order valence-corrected chi connectivity index (χ4v) is 2.59. The topological polar surface area (TPSA) is 46.3 Å². The molecule has 1 amide bonds. The Morgan fingerprint density at radius 3 is 2.46 bits per heavy atom. The van der Waals surface area contributed by atoms with E-state index < -0.39 is 0 Å².